The highest BCUT2D eigenvalue weighted by molar-refractivity contribution is 8.00. The summed E-state index contributed by atoms with van der Waals surface area (Å²) in [5, 5.41) is 11.3. The Bertz CT molecular complexity index is 559. The van der Waals surface area contributed by atoms with Gasteiger partial charge in [-0.1, -0.05) is 29.1 Å². The molecule has 1 aromatic carbocycles. The van der Waals surface area contributed by atoms with Crippen molar-refractivity contribution >= 4 is 29.1 Å². The van der Waals surface area contributed by atoms with Crippen LogP contribution in [-0.2, 0) is 5.75 Å². The predicted molar refractivity (Wildman–Crippen MR) is 68.4 cm³/mol. The van der Waals surface area contributed by atoms with Crippen LogP contribution in [0.1, 0.15) is 11.1 Å². The Morgan fingerprint density at radius 3 is 3.00 bits per heavy atom. The van der Waals surface area contributed by atoms with Gasteiger partial charge in [0, 0.05) is 11.3 Å². The molecule has 1 aromatic heterocycles. The molecule has 0 aliphatic heterocycles. The van der Waals surface area contributed by atoms with Crippen LogP contribution >= 0.6 is 23.3 Å². The average Bonchev–Trinajstić information content (AvgIpc) is 2.89. The van der Waals surface area contributed by atoms with Crippen LogP contribution in [0.5, 0.6) is 0 Å². The van der Waals surface area contributed by atoms with E-state index >= 15 is 0 Å². The summed E-state index contributed by atoms with van der Waals surface area (Å²) in [4.78, 5) is 4.00. The highest BCUT2D eigenvalue weighted by Crippen LogP contribution is 2.24. The van der Waals surface area contributed by atoms with Gasteiger partial charge in [-0.05, 0) is 23.2 Å². The molecule has 94 valence electrons. The van der Waals surface area contributed by atoms with Gasteiger partial charge in [-0.2, -0.15) is 4.37 Å². The maximum Gasteiger partial charge on any atom is 0.170 e. The van der Waals surface area contributed by atoms with E-state index in [2.05, 4.69) is 14.5 Å². The lowest BCUT2D eigenvalue weighted by atomic mass is 10.1. The first kappa shape index (κ1) is 12.8. The molecule has 2 rings (SSSR count). The normalized spacial score (nSPS) is 11.7. The van der Waals surface area contributed by atoms with E-state index in [0.29, 0.717) is 16.9 Å². The number of benzene rings is 1. The summed E-state index contributed by atoms with van der Waals surface area (Å²) in [6.45, 7) is 0. The minimum Gasteiger partial charge on any atom is -0.409 e. The van der Waals surface area contributed by atoms with Crippen molar-refractivity contribution in [2.75, 3.05) is 0 Å². The highest BCUT2D eigenvalue weighted by atomic mass is 32.2. The fourth-order valence-electron chi connectivity index (χ4n) is 1.25. The fourth-order valence-corrected chi connectivity index (χ4v) is 2.68. The van der Waals surface area contributed by atoms with Crippen LogP contribution in [0.2, 0.25) is 0 Å². The molecule has 0 unspecified atom stereocenters. The summed E-state index contributed by atoms with van der Waals surface area (Å²) in [6, 6.07) is 4.45. The molecule has 0 saturated carbocycles. The van der Waals surface area contributed by atoms with Crippen LogP contribution in [-0.4, -0.2) is 20.4 Å². The topological polar surface area (TPSA) is 84.4 Å². The van der Waals surface area contributed by atoms with Crippen molar-refractivity contribution in [3.8, 4) is 0 Å². The van der Waals surface area contributed by atoms with E-state index in [0.717, 1.165) is 4.34 Å². The third-order valence-electron chi connectivity index (χ3n) is 2.15. The number of hydrogen-bond acceptors (Lipinski definition) is 6. The van der Waals surface area contributed by atoms with Crippen molar-refractivity contribution in [3.63, 3.8) is 0 Å². The molecule has 0 radical (unpaired) electrons. The number of nitrogens with zero attached hydrogens (tertiary/aromatic N) is 3. The number of rotatable bonds is 4. The smallest absolute Gasteiger partial charge is 0.170 e. The predicted octanol–water partition coefficient (Wildman–Crippen LogP) is 2.06. The third kappa shape index (κ3) is 2.96. The lowest BCUT2D eigenvalue weighted by Gasteiger charge is -2.04. The summed E-state index contributed by atoms with van der Waals surface area (Å²) < 4.78 is 18.4. The molecule has 0 atom stereocenters. The maximum atomic E-state index is 13.7. The van der Waals surface area contributed by atoms with Crippen LogP contribution in [0.4, 0.5) is 4.39 Å². The molecule has 0 aliphatic rings. The third-order valence-corrected chi connectivity index (χ3v) is 3.99. The molecule has 0 fully saturated rings. The van der Waals surface area contributed by atoms with Crippen LogP contribution < -0.4 is 5.73 Å². The van der Waals surface area contributed by atoms with Gasteiger partial charge in [-0.15, -0.1) is 0 Å². The van der Waals surface area contributed by atoms with Crippen molar-refractivity contribution in [2.45, 2.75) is 10.1 Å². The van der Waals surface area contributed by atoms with Crippen molar-refractivity contribution in [1.29, 1.82) is 0 Å². The summed E-state index contributed by atoms with van der Waals surface area (Å²) in [6.07, 6.45) is 1.46. The van der Waals surface area contributed by atoms with E-state index in [1.165, 1.54) is 35.7 Å². The first-order valence-electron chi connectivity index (χ1n) is 4.86. The average molecular weight is 284 g/mol. The van der Waals surface area contributed by atoms with Crippen LogP contribution in [0.25, 0.3) is 0 Å². The molecular formula is C10H9FN4OS2. The zero-order valence-electron chi connectivity index (χ0n) is 9.08. The first-order chi connectivity index (χ1) is 8.70. The van der Waals surface area contributed by atoms with Crippen molar-refractivity contribution in [3.05, 3.63) is 41.5 Å². The van der Waals surface area contributed by atoms with E-state index in [4.69, 9.17) is 10.9 Å². The maximum absolute atomic E-state index is 13.7. The standard InChI is InChI=1S/C10H9FN4OS2/c11-8-3-6(9(12)15-16)1-2-7(8)4-17-10-13-5-14-18-10/h1-3,5,16H,4H2,(H2,12,15). The Labute approximate surface area is 111 Å². The van der Waals surface area contributed by atoms with Gasteiger partial charge in [-0.25, -0.2) is 9.37 Å². The Hall–Kier alpha value is -1.67. The van der Waals surface area contributed by atoms with Gasteiger partial charge in [0.1, 0.15) is 12.1 Å². The van der Waals surface area contributed by atoms with Gasteiger partial charge >= 0.3 is 0 Å². The molecule has 0 amide bonds. The van der Waals surface area contributed by atoms with Crippen LogP contribution in [0, 0.1) is 5.82 Å². The number of hydrogen-bond donors (Lipinski definition) is 2. The van der Waals surface area contributed by atoms with E-state index in [9.17, 15) is 4.39 Å². The van der Waals surface area contributed by atoms with Gasteiger partial charge in [-0.3, -0.25) is 0 Å². The Balaban J connectivity index is 2.10. The van der Waals surface area contributed by atoms with Crippen LogP contribution in [0.15, 0.2) is 34.0 Å². The Kier molecular flexibility index (Phi) is 4.11. The Morgan fingerprint density at radius 2 is 2.39 bits per heavy atom. The number of thioether (sulfide) groups is 1. The second-order valence-corrected chi connectivity index (χ2v) is 5.29. The summed E-state index contributed by atoms with van der Waals surface area (Å²) in [7, 11) is 0. The fraction of sp³-hybridized carbons (Fsp3) is 0.100. The number of amidine groups is 1. The molecule has 8 heteroatoms. The monoisotopic (exact) mass is 284 g/mol. The quantitative estimate of drug-likeness (QED) is 0.295. The van der Waals surface area contributed by atoms with Gasteiger partial charge in [0.05, 0.1) is 0 Å². The summed E-state index contributed by atoms with van der Waals surface area (Å²) >= 11 is 2.68. The van der Waals surface area contributed by atoms with Gasteiger partial charge in [0.15, 0.2) is 10.2 Å². The van der Waals surface area contributed by atoms with Crippen molar-refractivity contribution < 1.29 is 9.60 Å². The Morgan fingerprint density at radius 1 is 1.56 bits per heavy atom. The number of oxime groups is 1. The molecule has 5 nitrogen and oxygen atoms in total. The second-order valence-electron chi connectivity index (χ2n) is 3.29. The largest absolute Gasteiger partial charge is 0.409 e. The van der Waals surface area contributed by atoms with Crippen molar-refractivity contribution in [2.24, 2.45) is 10.9 Å². The molecule has 3 N–H and O–H groups in total. The number of aromatic nitrogens is 2. The van der Waals surface area contributed by atoms with E-state index < -0.39 is 5.82 Å². The molecule has 0 saturated heterocycles. The number of halogens is 1. The molecule has 0 spiro atoms. The number of nitrogens with two attached hydrogens (primary N) is 1. The van der Waals surface area contributed by atoms with Crippen LogP contribution in [0.3, 0.4) is 0 Å². The van der Waals surface area contributed by atoms with Gasteiger partial charge < -0.3 is 10.9 Å². The van der Waals surface area contributed by atoms with Crippen molar-refractivity contribution in [1.82, 2.24) is 9.36 Å². The molecule has 0 bridgehead atoms. The molecule has 1 heterocycles. The second kappa shape index (κ2) is 5.78. The zero-order chi connectivity index (χ0) is 13.0. The lowest BCUT2D eigenvalue weighted by molar-refractivity contribution is 0.318. The lowest BCUT2D eigenvalue weighted by Crippen LogP contribution is -2.13. The summed E-state index contributed by atoms with van der Waals surface area (Å²) in [5.74, 6) is -0.0503. The first-order valence-corrected chi connectivity index (χ1v) is 6.62. The van der Waals surface area contributed by atoms with Gasteiger partial charge in [0.2, 0.25) is 0 Å². The molecule has 0 aliphatic carbocycles. The SMILES string of the molecule is NC(=NO)c1ccc(CSc2ncns2)c(F)c1. The molecule has 2 aromatic rings. The van der Waals surface area contributed by atoms with E-state index in [1.807, 2.05) is 0 Å². The highest BCUT2D eigenvalue weighted by Gasteiger charge is 2.08. The molecule has 18 heavy (non-hydrogen) atoms. The van der Waals surface area contributed by atoms with E-state index in [1.54, 1.807) is 12.1 Å². The van der Waals surface area contributed by atoms with E-state index in [-0.39, 0.29) is 5.84 Å². The van der Waals surface area contributed by atoms with Gasteiger partial charge in [0.25, 0.3) is 0 Å². The summed E-state index contributed by atoms with van der Waals surface area (Å²) in [5.41, 5.74) is 6.25. The minimum absolute atomic E-state index is 0.114. The minimum atomic E-state index is -0.392. The zero-order valence-corrected chi connectivity index (χ0v) is 10.7. The molecular weight excluding hydrogens is 275 g/mol.